The van der Waals surface area contributed by atoms with Crippen LogP contribution in [0.15, 0.2) is 30.3 Å². The molecule has 0 aliphatic carbocycles. The Balaban J connectivity index is 1.95. The standard InChI is InChI=1S/C19H26N2O3/c1-19(2,3)20-18(24)17(23)15-10-7-13-21(15)16(22)12-11-14-8-5-4-6-9-14/h4-6,8-9,15H,7,10-13H2,1-3H3,(H,20,24)/t15-/m0/s1. The third kappa shape index (κ3) is 4.91. The molecule has 130 valence electrons. The molecule has 1 aromatic rings. The van der Waals surface area contributed by atoms with Gasteiger partial charge in [-0.2, -0.15) is 0 Å². The third-order valence-corrected chi connectivity index (χ3v) is 4.06. The molecule has 24 heavy (non-hydrogen) atoms. The van der Waals surface area contributed by atoms with Gasteiger partial charge in [-0.15, -0.1) is 0 Å². The largest absolute Gasteiger partial charge is 0.345 e. The molecule has 0 spiro atoms. The van der Waals surface area contributed by atoms with E-state index < -0.39 is 23.3 Å². The van der Waals surface area contributed by atoms with Crippen molar-refractivity contribution in [3.05, 3.63) is 35.9 Å². The normalized spacial score (nSPS) is 17.6. The van der Waals surface area contributed by atoms with Crippen molar-refractivity contribution in [2.24, 2.45) is 0 Å². The summed E-state index contributed by atoms with van der Waals surface area (Å²) in [4.78, 5) is 38.6. The number of hydrogen-bond donors (Lipinski definition) is 1. The number of rotatable bonds is 5. The van der Waals surface area contributed by atoms with Crippen molar-refractivity contribution in [1.29, 1.82) is 0 Å². The maximum absolute atomic E-state index is 12.5. The molecular formula is C19H26N2O3. The number of amides is 2. The van der Waals surface area contributed by atoms with Crippen LogP contribution in [0.25, 0.3) is 0 Å². The third-order valence-electron chi connectivity index (χ3n) is 4.06. The van der Waals surface area contributed by atoms with Crippen molar-refractivity contribution in [3.63, 3.8) is 0 Å². The molecule has 5 nitrogen and oxygen atoms in total. The highest BCUT2D eigenvalue weighted by Gasteiger charge is 2.37. The van der Waals surface area contributed by atoms with Crippen LogP contribution in [-0.4, -0.2) is 40.6 Å². The Morgan fingerprint density at radius 2 is 1.83 bits per heavy atom. The fraction of sp³-hybridized carbons (Fsp3) is 0.526. The molecule has 1 saturated heterocycles. The minimum Gasteiger partial charge on any atom is -0.345 e. The molecular weight excluding hydrogens is 304 g/mol. The van der Waals surface area contributed by atoms with E-state index in [4.69, 9.17) is 0 Å². The van der Waals surface area contributed by atoms with Crippen LogP contribution in [0.5, 0.6) is 0 Å². The van der Waals surface area contributed by atoms with Gasteiger partial charge < -0.3 is 10.2 Å². The highest BCUT2D eigenvalue weighted by molar-refractivity contribution is 6.38. The topological polar surface area (TPSA) is 66.5 Å². The van der Waals surface area contributed by atoms with Crippen LogP contribution < -0.4 is 5.32 Å². The Kier molecular flexibility index (Phi) is 5.75. The molecule has 1 aliphatic heterocycles. The lowest BCUT2D eigenvalue weighted by Crippen LogP contribution is -2.51. The molecule has 2 rings (SSSR count). The van der Waals surface area contributed by atoms with Crippen LogP contribution in [0.2, 0.25) is 0 Å². The van der Waals surface area contributed by atoms with Crippen molar-refractivity contribution >= 4 is 17.6 Å². The first-order chi connectivity index (χ1) is 11.3. The average Bonchev–Trinajstić information content (AvgIpc) is 3.00. The molecule has 1 atom stereocenters. The molecule has 1 heterocycles. The van der Waals surface area contributed by atoms with Crippen molar-refractivity contribution in [3.8, 4) is 0 Å². The van der Waals surface area contributed by atoms with Gasteiger partial charge >= 0.3 is 0 Å². The highest BCUT2D eigenvalue weighted by atomic mass is 16.2. The smallest absolute Gasteiger partial charge is 0.290 e. The average molecular weight is 330 g/mol. The Labute approximate surface area is 143 Å². The zero-order valence-corrected chi connectivity index (χ0v) is 14.7. The summed E-state index contributed by atoms with van der Waals surface area (Å²) in [6, 6.07) is 9.18. The lowest BCUT2D eigenvalue weighted by atomic mass is 10.0. The van der Waals surface area contributed by atoms with Crippen LogP contribution in [0.1, 0.15) is 45.6 Å². The summed E-state index contributed by atoms with van der Waals surface area (Å²) >= 11 is 0. The van der Waals surface area contributed by atoms with Gasteiger partial charge in [0.25, 0.3) is 5.91 Å². The first kappa shape index (κ1) is 18.2. The minimum atomic E-state index is -0.615. The molecule has 0 bridgehead atoms. The summed E-state index contributed by atoms with van der Waals surface area (Å²) in [5.41, 5.74) is 0.631. The van der Waals surface area contributed by atoms with Gasteiger partial charge in [0.2, 0.25) is 11.7 Å². The SMILES string of the molecule is CC(C)(C)NC(=O)C(=O)[C@@H]1CCCN1C(=O)CCc1ccccc1. The molecule has 5 heteroatoms. The number of nitrogens with one attached hydrogen (secondary N) is 1. The second-order valence-electron chi connectivity index (χ2n) is 7.30. The fourth-order valence-corrected chi connectivity index (χ4v) is 2.93. The van der Waals surface area contributed by atoms with E-state index in [1.54, 1.807) is 4.90 Å². The quantitative estimate of drug-likeness (QED) is 0.841. The van der Waals surface area contributed by atoms with Gasteiger partial charge in [0.15, 0.2) is 0 Å². The minimum absolute atomic E-state index is 0.0572. The van der Waals surface area contributed by atoms with Crippen LogP contribution >= 0.6 is 0 Å². The highest BCUT2D eigenvalue weighted by Crippen LogP contribution is 2.20. The van der Waals surface area contributed by atoms with E-state index >= 15 is 0 Å². The van der Waals surface area contributed by atoms with Gasteiger partial charge in [-0.05, 0) is 45.6 Å². The molecule has 0 unspecified atom stereocenters. The number of likely N-dealkylation sites (tertiary alicyclic amines) is 1. The van der Waals surface area contributed by atoms with Gasteiger partial charge in [-0.1, -0.05) is 30.3 Å². The molecule has 0 aromatic heterocycles. The first-order valence-corrected chi connectivity index (χ1v) is 8.48. The van der Waals surface area contributed by atoms with Crippen molar-refractivity contribution in [2.75, 3.05) is 6.54 Å². The van der Waals surface area contributed by atoms with Crippen LogP contribution in [0.3, 0.4) is 0 Å². The van der Waals surface area contributed by atoms with E-state index in [1.807, 2.05) is 51.1 Å². The molecule has 1 aliphatic rings. The zero-order valence-electron chi connectivity index (χ0n) is 14.7. The number of hydrogen-bond acceptors (Lipinski definition) is 3. The Hall–Kier alpha value is -2.17. The number of aryl methyl sites for hydroxylation is 1. The molecule has 0 saturated carbocycles. The van der Waals surface area contributed by atoms with Gasteiger partial charge in [-0.3, -0.25) is 14.4 Å². The summed E-state index contributed by atoms with van der Waals surface area (Å²) in [6.07, 6.45) is 2.32. The lowest BCUT2D eigenvalue weighted by Gasteiger charge is -2.25. The summed E-state index contributed by atoms with van der Waals surface area (Å²) in [6.45, 7) is 6.04. The second-order valence-corrected chi connectivity index (χ2v) is 7.30. The number of benzene rings is 1. The van der Waals surface area contributed by atoms with E-state index in [0.717, 1.165) is 12.0 Å². The molecule has 2 amide bonds. The van der Waals surface area contributed by atoms with Gasteiger partial charge in [0, 0.05) is 18.5 Å². The van der Waals surface area contributed by atoms with E-state index in [1.165, 1.54) is 0 Å². The zero-order chi connectivity index (χ0) is 17.7. The molecule has 1 N–H and O–H groups in total. The van der Waals surface area contributed by atoms with Crippen LogP contribution in [0, 0.1) is 0 Å². The molecule has 0 radical (unpaired) electrons. The van der Waals surface area contributed by atoms with Gasteiger partial charge in [-0.25, -0.2) is 0 Å². The predicted molar refractivity (Wildman–Crippen MR) is 92.4 cm³/mol. The first-order valence-electron chi connectivity index (χ1n) is 8.48. The number of carbonyl (C=O) groups is 3. The van der Waals surface area contributed by atoms with E-state index in [0.29, 0.717) is 25.8 Å². The Morgan fingerprint density at radius 3 is 2.46 bits per heavy atom. The Bertz CT molecular complexity index is 605. The van der Waals surface area contributed by atoms with Gasteiger partial charge in [0.05, 0.1) is 0 Å². The van der Waals surface area contributed by atoms with E-state index in [2.05, 4.69) is 5.32 Å². The summed E-state index contributed by atoms with van der Waals surface area (Å²) in [5.74, 6) is -1.16. The number of carbonyl (C=O) groups excluding carboxylic acids is 3. The van der Waals surface area contributed by atoms with Crippen LogP contribution in [-0.2, 0) is 20.8 Å². The van der Waals surface area contributed by atoms with Gasteiger partial charge in [0.1, 0.15) is 6.04 Å². The van der Waals surface area contributed by atoms with Crippen molar-refractivity contribution < 1.29 is 14.4 Å². The maximum Gasteiger partial charge on any atom is 0.290 e. The fourth-order valence-electron chi connectivity index (χ4n) is 2.93. The van der Waals surface area contributed by atoms with Crippen LogP contribution in [0.4, 0.5) is 0 Å². The summed E-state index contributed by atoms with van der Waals surface area (Å²) < 4.78 is 0. The second kappa shape index (κ2) is 7.60. The lowest BCUT2D eigenvalue weighted by molar-refractivity contribution is -0.144. The van der Waals surface area contributed by atoms with Crippen molar-refractivity contribution in [1.82, 2.24) is 10.2 Å². The van der Waals surface area contributed by atoms with E-state index in [9.17, 15) is 14.4 Å². The maximum atomic E-state index is 12.5. The molecule has 1 fully saturated rings. The molecule has 1 aromatic carbocycles. The van der Waals surface area contributed by atoms with Crippen molar-refractivity contribution in [2.45, 2.75) is 58.0 Å². The summed E-state index contributed by atoms with van der Waals surface area (Å²) in [5, 5.41) is 2.69. The number of nitrogens with zero attached hydrogens (tertiary/aromatic N) is 1. The summed E-state index contributed by atoms with van der Waals surface area (Å²) in [7, 11) is 0. The number of Topliss-reactive ketones (excluding diaryl/α,β-unsaturated/α-hetero) is 1. The van der Waals surface area contributed by atoms with E-state index in [-0.39, 0.29) is 5.91 Å². The number of ketones is 1. The Morgan fingerprint density at radius 1 is 1.17 bits per heavy atom. The monoisotopic (exact) mass is 330 g/mol. The predicted octanol–water partition coefficient (Wildman–Crippen LogP) is 2.09.